The number of ether oxygens (including phenoxy) is 6. The zero-order chi connectivity index (χ0) is 39.8. The van der Waals surface area contributed by atoms with E-state index in [1.807, 2.05) is 0 Å². The van der Waals surface area contributed by atoms with Crippen LogP contribution in [-0.4, -0.2) is 97.8 Å². The molecule has 1 saturated heterocycles. The summed E-state index contributed by atoms with van der Waals surface area (Å²) in [6.45, 7) is 4.24. The molecule has 0 bridgehead atoms. The number of rotatable bonds is 11. The first-order valence-corrected chi connectivity index (χ1v) is 17.0. The van der Waals surface area contributed by atoms with Gasteiger partial charge in [-0.25, -0.2) is 4.79 Å². The van der Waals surface area contributed by atoms with Gasteiger partial charge in [0.15, 0.2) is 12.4 Å². The maximum absolute atomic E-state index is 13.3. The number of hydrogen-bond donors (Lipinski definition) is 3. The van der Waals surface area contributed by atoms with Gasteiger partial charge < -0.3 is 38.6 Å². The van der Waals surface area contributed by atoms with E-state index in [-0.39, 0.29) is 30.0 Å². The number of aliphatic hydroxyl groups excluding tert-OH is 1. The highest BCUT2D eigenvalue weighted by molar-refractivity contribution is 9.10. The normalized spacial score (nSPS) is 16.8. The van der Waals surface area contributed by atoms with Crippen molar-refractivity contribution >= 4 is 55.9 Å². The monoisotopic (exact) mass is 832 g/mol. The fourth-order valence-electron chi connectivity index (χ4n) is 4.07. The number of carboxylic acids is 1. The molecule has 2 aromatic rings. The van der Waals surface area contributed by atoms with Gasteiger partial charge in [0.25, 0.3) is 16.1 Å². The number of esters is 4. The van der Waals surface area contributed by atoms with Crippen LogP contribution in [0.5, 0.6) is 11.5 Å². The van der Waals surface area contributed by atoms with Crippen LogP contribution in [0.4, 0.5) is 13.2 Å². The quantitative estimate of drug-likeness (QED) is 0.127. The van der Waals surface area contributed by atoms with Gasteiger partial charge in [0.2, 0.25) is 0 Å². The Morgan fingerprint density at radius 1 is 0.962 bits per heavy atom. The van der Waals surface area contributed by atoms with Crippen molar-refractivity contribution in [3.05, 3.63) is 52.0 Å². The number of carbonyl (C=O) groups excluding carboxylic acids is 4. The third-order valence-corrected chi connectivity index (χ3v) is 7.32. The molecule has 290 valence electrons. The second-order valence-electron chi connectivity index (χ2n) is 10.4. The number of benzene rings is 2. The predicted octanol–water partition coefficient (Wildman–Crippen LogP) is 3.53. The number of hydrogen-bond acceptors (Lipinski definition) is 14. The van der Waals surface area contributed by atoms with E-state index in [1.165, 1.54) is 32.9 Å². The highest BCUT2D eigenvalue weighted by atomic mass is 79.9. The van der Waals surface area contributed by atoms with Gasteiger partial charge in [-0.15, -0.1) is 0 Å². The number of carboxylic acid groups (broad SMARTS) is 1. The van der Waals surface area contributed by atoms with Gasteiger partial charge in [0, 0.05) is 45.2 Å². The highest BCUT2D eigenvalue weighted by Gasteiger charge is 2.39. The summed E-state index contributed by atoms with van der Waals surface area (Å²) >= 11 is 2.72. The summed E-state index contributed by atoms with van der Waals surface area (Å²) in [6.07, 6.45) is -5.94. The molecule has 16 nitrogen and oxygen atoms in total. The van der Waals surface area contributed by atoms with Crippen LogP contribution >= 0.6 is 15.9 Å². The van der Waals surface area contributed by atoms with E-state index in [2.05, 4.69) is 20.7 Å². The number of aliphatic carboxylic acids is 1. The Balaban J connectivity index is 0.000000505. The van der Waals surface area contributed by atoms with Crippen LogP contribution in [0.2, 0.25) is 0 Å². The van der Waals surface area contributed by atoms with Crippen molar-refractivity contribution in [1.29, 1.82) is 0 Å². The molecule has 0 aromatic heterocycles. The third kappa shape index (κ3) is 17.8. The van der Waals surface area contributed by atoms with Crippen LogP contribution in [0.3, 0.4) is 0 Å². The fourth-order valence-corrected chi connectivity index (χ4v) is 5.34. The van der Waals surface area contributed by atoms with Crippen molar-refractivity contribution in [2.24, 2.45) is 0 Å². The molecule has 2 unspecified atom stereocenters. The van der Waals surface area contributed by atoms with E-state index in [1.54, 1.807) is 12.1 Å². The minimum atomic E-state index is -5.13. The Bertz CT molecular complexity index is 1640. The minimum absolute atomic E-state index is 0.0000709. The number of carbonyl (C=O) groups is 5. The molecular formula is C31H36BrF3O16S. The first-order chi connectivity index (χ1) is 24.0. The van der Waals surface area contributed by atoms with E-state index in [0.717, 1.165) is 12.5 Å². The van der Waals surface area contributed by atoms with Gasteiger partial charge >= 0.3 is 30.1 Å². The summed E-state index contributed by atoms with van der Waals surface area (Å²) in [5, 5.41) is 16.3. The zero-order valence-corrected chi connectivity index (χ0v) is 30.4. The summed E-state index contributed by atoms with van der Waals surface area (Å²) in [6, 6.07) is 7.37. The second-order valence-corrected chi connectivity index (χ2v) is 12.7. The lowest BCUT2D eigenvalue weighted by molar-refractivity contribution is -0.189. The van der Waals surface area contributed by atoms with E-state index >= 15 is 0 Å². The third-order valence-electron chi connectivity index (χ3n) is 6.01. The number of alkyl halides is 3. The SMILES string of the molecule is CC(=O)O.CC(=O)OC[C@H]1OCC(OC(C)=O)CC1OC(C)=O.O=C(COc1ccc(CCO)cc1)Oc1c(C(F)(F)F)cc(Br)cc1S(=O)(=O)O. The Kier molecular flexibility index (Phi) is 18.7. The van der Waals surface area contributed by atoms with Crippen molar-refractivity contribution < 1.29 is 88.7 Å². The van der Waals surface area contributed by atoms with Gasteiger partial charge in [0.05, 0.1) is 6.61 Å². The topological polar surface area (TPSA) is 236 Å². The second kappa shape index (κ2) is 21.3. The van der Waals surface area contributed by atoms with Crippen LogP contribution in [0.1, 0.15) is 45.2 Å². The van der Waals surface area contributed by atoms with Crippen molar-refractivity contribution in [2.45, 2.75) is 69.9 Å². The number of aliphatic hydroxyl groups is 1. The zero-order valence-electron chi connectivity index (χ0n) is 28.0. The molecule has 3 N–H and O–H groups in total. The molecule has 2 aromatic carbocycles. The number of halogens is 4. The van der Waals surface area contributed by atoms with Crippen LogP contribution < -0.4 is 9.47 Å². The Morgan fingerprint density at radius 2 is 1.54 bits per heavy atom. The Morgan fingerprint density at radius 3 is 2.02 bits per heavy atom. The summed E-state index contributed by atoms with van der Waals surface area (Å²) in [5.41, 5.74) is -0.772. The van der Waals surface area contributed by atoms with Gasteiger partial charge in [-0.2, -0.15) is 21.6 Å². The maximum Gasteiger partial charge on any atom is 0.420 e. The predicted molar refractivity (Wildman–Crippen MR) is 173 cm³/mol. The van der Waals surface area contributed by atoms with Crippen LogP contribution in [0.25, 0.3) is 0 Å². The van der Waals surface area contributed by atoms with Crippen LogP contribution in [-0.2, 0) is 65.6 Å². The molecule has 0 amide bonds. The molecule has 1 aliphatic heterocycles. The largest absolute Gasteiger partial charge is 0.482 e. The molecule has 3 atom stereocenters. The first kappa shape index (κ1) is 45.7. The summed E-state index contributed by atoms with van der Waals surface area (Å²) in [7, 11) is -5.13. The van der Waals surface area contributed by atoms with Gasteiger partial charge in [-0.3, -0.25) is 23.7 Å². The molecule has 0 aliphatic carbocycles. The average molecular weight is 834 g/mol. The fraction of sp³-hybridized carbons (Fsp3) is 0.452. The molecular weight excluding hydrogens is 797 g/mol. The molecule has 21 heteroatoms. The minimum Gasteiger partial charge on any atom is -0.482 e. The summed E-state index contributed by atoms with van der Waals surface area (Å²) in [5.74, 6) is -4.63. The molecule has 0 saturated carbocycles. The lowest BCUT2D eigenvalue weighted by atomic mass is 10.0. The lowest BCUT2D eigenvalue weighted by Crippen LogP contribution is -2.47. The van der Waals surface area contributed by atoms with Crippen molar-refractivity contribution in [3.63, 3.8) is 0 Å². The Labute approximate surface area is 303 Å². The van der Waals surface area contributed by atoms with E-state index in [0.29, 0.717) is 25.0 Å². The summed E-state index contributed by atoms with van der Waals surface area (Å²) < 4.78 is 102. The molecule has 1 fully saturated rings. The summed E-state index contributed by atoms with van der Waals surface area (Å²) in [4.78, 5) is 52.4. The van der Waals surface area contributed by atoms with Gasteiger partial charge in [-0.05, 0) is 36.2 Å². The molecule has 3 rings (SSSR count). The molecule has 0 spiro atoms. The molecule has 0 radical (unpaired) electrons. The smallest absolute Gasteiger partial charge is 0.420 e. The van der Waals surface area contributed by atoms with E-state index < -0.39 is 87.3 Å². The van der Waals surface area contributed by atoms with Crippen molar-refractivity contribution in [3.8, 4) is 11.5 Å². The van der Waals surface area contributed by atoms with Crippen molar-refractivity contribution in [1.82, 2.24) is 0 Å². The Hall–Kier alpha value is -4.31. The first-order valence-electron chi connectivity index (χ1n) is 14.7. The van der Waals surface area contributed by atoms with E-state index in [4.69, 9.17) is 38.7 Å². The van der Waals surface area contributed by atoms with Gasteiger partial charge in [-0.1, -0.05) is 28.1 Å². The maximum atomic E-state index is 13.3. The molecule has 52 heavy (non-hydrogen) atoms. The van der Waals surface area contributed by atoms with Gasteiger partial charge in [0.1, 0.15) is 41.1 Å². The van der Waals surface area contributed by atoms with Crippen molar-refractivity contribution in [2.75, 3.05) is 26.4 Å². The standard InChI is InChI=1S/C17H14BrF3O7S.C12H18O7.C2H4O2/c18-11-7-13(17(19,20)21)16(14(8-11)29(24,25)26)28-15(23)9-27-12-3-1-10(2-4-12)5-6-22;1-7(13)16-6-12-11(19-9(3)15)4-10(5-17-12)18-8(2)14;1-2(3)4/h1-4,7-8,22H,5-6,9H2,(H,24,25,26);10-12H,4-6H2,1-3H3;1H3,(H,3,4)/t;10?,11?,12-;/m.1./s1. The molecule has 1 aliphatic rings. The van der Waals surface area contributed by atoms with Crippen LogP contribution in [0, 0.1) is 0 Å². The highest BCUT2D eigenvalue weighted by Crippen LogP contribution is 2.42. The molecule has 1 heterocycles. The average Bonchev–Trinajstić information content (AvgIpc) is 2.99. The van der Waals surface area contributed by atoms with E-state index in [9.17, 15) is 45.3 Å². The van der Waals surface area contributed by atoms with Crippen LogP contribution in [0.15, 0.2) is 45.8 Å². The lowest BCUT2D eigenvalue weighted by Gasteiger charge is -2.34.